The smallest absolute Gasteiger partial charge is 0.225 e. The van der Waals surface area contributed by atoms with Crippen LogP contribution in [0, 0.1) is 0 Å². The van der Waals surface area contributed by atoms with Crippen LogP contribution >= 0.6 is 11.6 Å². The van der Waals surface area contributed by atoms with Crippen LogP contribution in [0.25, 0.3) is 0 Å². The molecule has 0 aliphatic rings. The van der Waals surface area contributed by atoms with E-state index in [0.717, 1.165) is 12.1 Å². The number of ether oxygens (including phenoxy) is 1. The van der Waals surface area contributed by atoms with Gasteiger partial charge in [-0.05, 0) is 25.2 Å². The average molecular weight is 337 g/mol. The van der Waals surface area contributed by atoms with E-state index in [4.69, 9.17) is 16.3 Å². The highest BCUT2D eigenvalue weighted by Crippen LogP contribution is 2.27. The van der Waals surface area contributed by atoms with E-state index in [1.54, 1.807) is 30.0 Å². The molecule has 0 radical (unpaired) electrons. The Labute approximate surface area is 141 Å². The van der Waals surface area contributed by atoms with Gasteiger partial charge in [0.25, 0.3) is 0 Å². The Hall–Kier alpha value is -2.05. The highest BCUT2D eigenvalue weighted by molar-refractivity contribution is 6.31. The van der Waals surface area contributed by atoms with Gasteiger partial charge in [-0.15, -0.1) is 0 Å². The quantitative estimate of drug-likeness (QED) is 0.844. The van der Waals surface area contributed by atoms with Crippen molar-refractivity contribution < 1.29 is 9.53 Å². The molecule has 0 spiro atoms. The Bertz CT molecular complexity index is 672. The van der Waals surface area contributed by atoms with E-state index >= 15 is 0 Å². The largest absolute Gasteiger partial charge is 0.495 e. The monoisotopic (exact) mass is 336 g/mol. The summed E-state index contributed by atoms with van der Waals surface area (Å²) in [6, 6.07) is 5.13. The lowest BCUT2D eigenvalue weighted by atomic mass is 10.2. The zero-order chi connectivity index (χ0) is 16.8. The summed E-state index contributed by atoms with van der Waals surface area (Å²) in [5.74, 6) is 0.509. The zero-order valence-electron chi connectivity index (χ0n) is 13.5. The second-order valence-corrected chi connectivity index (χ2v) is 5.84. The first-order valence-electron chi connectivity index (χ1n) is 7.27. The summed E-state index contributed by atoms with van der Waals surface area (Å²) in [5.41, 5.74) is 1.70. The molecule has 0 bridgehead atoms. The first-order chi connectivity index (χ1) is 11.0. The molecule has 124 valence electrons. The summed E-state index contributed by atoms with van der Waals surface area (Å²) in [7, 11) is 5.41. The van der Waals surface area contributed by atoms with E-state index in [0.29, 0.717) is 29.4 Å². The van der Waals surface area contributed by atoms with Crippen molar-refractivity contribution >= 4 is 23.2 Å². The summed E-state index contributed by atoms with van der Waals surface area (Å²) in [6.45, 7) is 1.39. The normalized spacial score (nSPS) is 10.8. The number of anilines is 1. The van der Waals surface area contributed by atoms with Crippen molar-refractivity contribution in [3.63, 3.8) is 0 Å². The first kappa shape index (κ1) is 17.3. The number of aromatic nitrogens is 2. The van der Waals surface area contributed by atoms with Gasteiger partial charge in [0.2, 0.25) is 5.91 Å². The van der Waals surface area contributed by atoms with Gasteiger partial charge >= 0.3 is 0 Å². The average Bonchev–Trinajstić information content (AvgIpc) is 2.90. The Kier molecular flexibility index (Phi) is 6.01. The Morgan fingerprint density at radius 2 is 2.26 bits per heavy atom. The molecule has 0 aliphatic carbocycles. The highest BCUT2D eigenvalue weighted by Gasteiger charge is 2.10. The molecule has 23 heavy (non-hydrogen) atoms. The first-order valence-corrected chi connectivity index (χ1v) is 7.65. The van der Waals surface area contributed by atoms with Crippen molar-refractivity contribution in [2.75, 3.05) is 26.0 Å². The molecule has 7 heteroatoms. The minimum Gasteiger partial charge on any atom is -0.495 e. The van der Waals surface area contributed by atoms with Gasteiger partial charge in [-0.3, -0.25) is 9.48 Å². The van der Waals surface area contributed by atoms with Crippen molar-refractivity contribution in [3.05, 3.63) is 41.2 Å². The van der Waals surface area contributed by atoms with E-state index in [1.807, 2.05) is 26.5 Å². The molecule has 2 rings (SSSR count). The Balaban J connectivity index is 1.84. The molecule has 0 aliphatic heterocycles. The van der Waals surface area contributed by atoms with Gasteiger partial charge in [-0.1, -0.05) is 11.6 Å². The lowest BCUT2D eigenvalue weighted by Crippen LogP contribution is -2.24. The maximum Gasteiger partial charge on any atom is 0.225 e. The number of carbonyl (C=O) groups excluding carboxylic acids is 1. The van der Waals surface area contributed by atoms with E-state index in [-0.39, 0.29) is 5.91 Å². The molecular weight excluding hydrogens is 316 g/mol. The van der Waals surface area contributed by atoms with Gasteiger partial charge in [-0.2, -0.15) is 5.10 Å². The number of carbonyl (C=O) groups is 1. The van der Waals surface area contributed by atoms with Crippen molar-refractivity contribution in [1.29, 1.82) is 0 Å². The number of hydrogen-bond donors (Lipinski definition) is 1. The van der Waals surface area contributed by atoms with Gasteiger partial charge < -0.3 is 15.0 Å². The minimum atomic E-state index is -0.0800. The van der Waals surface area contributed by atoms with Crippen LogP contribution in [0.1, 0.15) is 12.0 Å². The second kappa shape index (κ2) is 7.99. The number of amides is 1. The van der Waals surface area contributed by atoms with Gasteiger partial charge in [0.05, 0.1) is 19.0 Å². The van der Waals surface area contributed by atoms with Crippen molar-refractivity contribution in [3.8, 4) is 5.75 Å². The maximum atomic E-state index is 12.1. The summed E-state index contributed by atoms with van der Waals surface area (Å²) < 4.78 is 6.98. The van der Waals surface area contributed by atoms with E-state index in [9.17, 15) is 4.79 Å². The third-order valence-electron chi connectivity index (χ3n) is 3.37. The molecule has 0 atom stereocenters. The molecule has 1 N–H and O–H groups in total. The number of nitrogens with one attached hydrogen (secondary N) is 1. The Morgan fingerprint density at radius 1 is 1.48 bits per heavy atom. The van der Waals surface area contributed by atoms with Crippen molar-refractivity contribution in [1.82, 2.24) is 14.7 Å². The standard InChI is InChI=1S/C16H21ClN4O2/c1-20(10-12-9-18-21(2)11-12)7-6-16(22)19-14-8-13(17)4-5-15(14)23-3/h4-5,8-9,11H,6-7,10H2,1-3H3,(H,19,22). The third-order valence-corrected chi connectivity index (χ3v) is 3.60. The fourth-order valence-corrected chi connectivity index (χ4v) is 2.40. The third kappa shape index (κ3) is 5.26. The lowest BCUT2D eigenvalue weighted by molar-refractivity contribution is -0.116. The van der Waals surface area contributed by atoms with Crippen molar-refractivity contribution in [2.24, 2.45) is 7.05 Å². The number of rotatable bonds is 7. The summed E-state index contributed by atoms with van der Waals surface area (Å²) in [6.07, 6.45) is 4.17. The molecule has 1 heterocycles. The summed E-state index contributed by atoms with van der Waals surface area (Å²) in [5, 5.41) is 7.52. The zero-order valence-corrected chi connectivity index (χ0v) is 14.3. The number of aryl methyl sites for hydroxylation is 1. The van der Waals surface area contributed by atoms with E-state index in [2.05, 4.69) is 15.3 Å². The SMILES string of the molecule is COc1ccc(Cl)cc1NC(=O)CCN(C)Cc1cnn(C)c1. The molecule has 0 fully saturated rings. The van der Waals surface area contributed by atoms with Crippen LogP contribution < -0.4 is 10.1 Å². The molecule has 1 amide bonds. The second-order valence-electron chi connectivity index (χ2n) is 5.40. The Morgan fingerprint density at radius 3 is 2.91 bits per heavy atom. The molecule has 0 saturated heterocycles. The molecule has 6 nitrogen and oxygen atoms in total. The topological polar surface area (TPSA) is 59.4 Å². The molecule has 0 unspecified atom stereocenters. The van der Waals surface area contributed by atoms with Gasteiger partial charge in [0, 0.05) is 43.3 Å². The number of halogens is 1. The molecular formula is C16H21ClN4O2. The fraction of sp³-hybridized carbons (Fsp3) is 0.375. The minimum absolute atomic E-state index is 0.0800. The number of nitrogens with zero attached hydrogens (tertiary/aromatic N) is 3. The summed E-state index contributed by atoms with van der Waals surface area (Å²) in [4.78, 5) is 14.2. The van der Waals surface area contributed by atoms with Gasteiger partial charge in [0.15, 0.2) is 0 Å². The number of methoxy groups -OCH3 is 1. The number of benzene rings is 1. The van der Waals surface area contributed by atoms with Crippen LogP contribution in [0.15, 0.2) is 30.6 Å². The van der Waals surface area contributed by atoms with Crippen LogP contribution in [0.5, 0.6) is 5.75 Å². The van der Waals surface area contributed by atoms with Crippen LogP contribution in [0.3, 0.4) is 0 Å². The lowest BCUT2D eigenvalue weighted by Gasteiger charge is -2.16. The molecule has 0 saturated carbocycles. The van der Waals surface area contributed by atoms with Gasteiger partial charge in [-0.25, -0.2) is 0 Å². The molecule has 1 aromatic heterocycles. The van der Waals surface area contributed by atoms with Crippen LogP contribution in [-0.4, -0.2) is 41.3 Å². The summed E-state index contributed by atoms with van der Waals surface area (Å²) >= 11 is 5.95. The highest BCUT2D eigenvalue weighted by atomic mass is 35.5. The predicted molar refractivity (Wildman–Crippen MR) is 90.8 cm³/mol. The van der Waals surface area contributed by atoms with Crippen LogP contribution in [-0.2, 0) is 18.4 Å². The molecule has 1 aromatic carbocycles. The molecule has 2 aromatic rings. The van der Waals surface area contributed by atoms with E-state index < -0.39 is 0 Å². The number of hydrogen-bond acceptors (Lipinski definition) is 4. The van der Waals surface area contributed by atoms with Gasteiger partial charge in [0.1, 0.15) is 5.75 Å². The van der Waals surface area contributed by atoms with Crippen LogP contribution in [0.2, 0.25) is 5.02 Å². The maximum absolute atomic E-state index is 12.1. The predicted octanol–water partition coefficient (Wildman–Crippen LogP) is 2.54. The van der Waals surface area contributed by atoms with E-state index in [1.165, 1.54) is 0 Å². The fourth-order valence-electron chi connectivity index (χ4n) is 2.23. The van der Waals surface area contributed by atoms with Crippen LogP contribution in [0.4, 0.5) is 5.69 Å². The van der Waals surface area contributed by atoms with Crippen molar-refractivity contribution in [2.45, 2.75) is 13.0 Å².